The van der Waals surface area contributed by atoms with Gasteiger partial charge in [0.05, 0.1) is 22.5 Å². The Morgan fingerprint density at radius 1 is 1.46 bits per heavy atom. The summed E-state index contributed by atoms with van der Waals surface area (Å²) >= 11 is 0. The molecule has 9 heteroatoms. The van der Waals surface area contributed by atoms with Crippen LogP contribution in [0.4, 0.5) is 11.4 Å². The van der Waals surface area contributed by atoms with Gasteiger partial charge in [-0.2, -0.15) is 0 Å². The maximum atomic E-state index is 11.5. The number of nitro benzene ring substituents is 1. The Labute approximate surface area is 141 Å². The van der Waals surface area contributed by atoms with Gasteiger partial charge in [0.1, 0.15) is 5.69 Å². The first-order chi connectivity index (χ1) is 11.4. The van der Waals surface area contributed by atoms with E-state index >= 15 is 0 Å². The van der Waals surface area contributed by atoms with E-state index in [-0.39, 0.29) is 16.7 Å². The van der Waals surface area contributed by atoms with Crippen LogP contribution < -0.4 is 5.32 Å². The van der Waals surface area contributed by atoms with Crippen molar-refractivity contribution in [2.24, 2.45) is 0 Å². The Hall–Kier alpha value is -1.71. The molecular weight excluding hydrogens is 336 g/mol. The van der Waals surface area contributed by atoms with Crippen molar-refractivity contribution in [3.05, 3.63) is 28.3 Å². The van der Waals surface area contributed by atoms with Crippen molar-refractivity contribution in [1.82, 2.24) is 0 Å². The molecule has 1 atom stereocenters. The molecule has 0 aliphatic carbocycles. The van der Waals surface area contributed by atoms with Crippen molar-refractivity contribution in [2.75, 3.05) is 37.9 Å². The van der Waals surface area contributed by atoms with E-state index in [1.165, 1.54) is 12.1 Å². The summed E-state index contributed by atoms with van der Waals surface area (Å²) in [5.74, 6) is 0. The highest BCUT2D eigenvalue weighted by atomic mass is 32.2. The van der Waals surface area contributed by atoms with Crippen LogP contribution in [0.1, 0.15) is 19.3 Å². The summed E-state index contributed by atoms with van der Waals surface area (Å²) < 4.78 is 33.9. The van der Waals surface area contributed by atoms with Crippen LogP contribution >= 0.6 is 0 Å². The number of ether oxygens (including phenoxy) is 2. The lowest BCUT2D eigenvalue weighted by Gasteiger charge is -2.11. The fraction of sp³-hybridized carbons (Fsp3) is 0.600. The van der Waals surface area contributed by atoms with E-state index in [0.29, 0.717) is 31.9 Å². The maximum Gasteiger partial charge on any atom is 0.293 e. The minimum absolute atomic E-state index is 0.0698. The fourth-order valence-corrected chi connectivity index (χ4v) is 3.07. The first-order valence-electron chi connectivity index (χ1n) is 7.79. The van der Waals surface area contributed by atoms with Crippen molar-refractivity contribution in [2.45, 2.75) is 30.3 Å². The van der Waals surface area contributed by atoms with Gasteiger partial charge in [-0.25, -0.2) is 8.42 Å². The maximum absolute atomic E-state index is 11.5. The van der Waals surface area contributed by atoms with Crippen molar-refractivity contribution in [1.29, 1.82) is 0 Å². The molecule has 0 aromatic heterocycles. The van der Waals surface area contributed by atoms with Crippen molar-refractivity contribution in [3.63, 3.8) is 0 Å². The van der Waals surface area contributed by atoms with E-state index in [2.05, 4.69) is 5.32 Å². The van der Waals surface area contributed by atoms with Gasteiger partial charge in [0.25, 0.3) is 5.69 Å². The van der Waals surface area contributed by atoms with Gasteiger partial charge in [-0.15, -0.1) is 0 Å². The van der Waals surface area contributed by atoms with Crippen LogP contribution in [0.2, 0.25) is 0 Å². The smallest absolute Gasteiger partial charge is 0.293 e. The van der Waals surface area contributed by atoms with Gasteiger partial charge in [-0.1, -0.05) is 0 Å². The second kappa shape index (κ2) is 8.41. The van der Waals surface area contributed by atoms with Crippen LogP contribution in [0.25, 0.3) is 0 Å². The third kappa shape index (κ3) is 5.43. The zero-order valence-corrected chi connectivity index (χ0v) is 14.4. The molecule has 1 aliphatic heterocycles. The molecule has 1 fully saturated rings. The van der Waals surface area contributed by atoms with Gasteiger partial charge in [0, 0.05) is 32.1 Å². The largest absolute Gasteiger partial charge is 0.379 e. The number of hydrogen-bond acceptors (Lipinski definition) is 7. The Bertz CT molecular complexity index is 671. The molecule has 0 bridgehead atoms. The van der Waals surface area contributed by atoms with E-state index in [1.54, 1.807) is 0 Å². The first-order valence-corrected chi connectivity index (χ1v) is 9.69. The molecular formula is C15H22N2O6S. The van der Waals surface area contributed by atoms with Crippen molar-refractivity contribution in [3.8, 4) is 0 Å². The third-order valence-electron chi connectivity index (χ3n) is 3.70. The van der Waals surface area contributed by atoms with Crippen LogP contribution in [-0.2, 0) is 19.3 Å². The van der Waals surface area contributed by atoms with Crippen LogP contribution in [-0.4, -0.2) is 52.1 Å². The standard InChI is InChI=1S/C15H22N2O6S/c1-24(20,21)13-5-6-14(15(10-13)17(18)19)16-7-3-8-22-11-12-4-2-9-23-12/h5-6,10,12,16H,2-4,7-9,11H2,1H3/t12-/m1/s1. The second-order valence-corrected chi connectivity index (χ2v) is 7.71. The molecule has 1 aromatic rings. The molecule has 1 heterocycles. The monoisotopic (exact) mass is 358 g/mol. The minimum atomic E-state index is -3.48. The quantitative estimate of drug-likeness (QED) is 0.408. The molecule has 0 amide bonds. The van der Waals surface area contributed by atoms with Crippen LogP contribution in [0.5, 0.6) is 0 Å². The number of hydrogen-bond donors (Lipinski definition) is 1. The number of nitro groups is 1. The lowest BCUT2D eigenvalue weighted by Crippen LogP contribution is -2.15. The summed E-state index contributed by atoms with van der Waals surface area (Å²) in [6, 6.07) is 3.85. The lowest BCUT2D eigenvalue weighted by atomic mass is 10.2. The summed E-state index contributed by atoms with van der Waals surface area (Å²) in [6.07, 6.45) is 3.98. The van der Waals surface area contributed by atoms with Crippen molar-refractivity contribution >= 4 is 21.2 Å². The van der Waals surface area contributed by atoms with Gasteiger partial charge in [-0.05, 0) is 31.4 Å². The Kier molecular flexibility index (Phi) is 6.52. The molecule has 0 spiro atoms. The number of nitrogens with zero attached hydrogens (tertiary/aromatic N) is 1. The number of anilines is 1. The topological polar surface area (TPSA) is 108 Å². The molecule has 24 heavy (non-hydrogen) atoms. The van der Waals surface area contributed by atoms with E-state index in [4.69, 9.17) is 9.47 Å². The average Bonchev–Trinajstić information content (AvgIpc) is 3.03. The van der Waals surface area contributed by atoms with Gasteiger partial charge >= 0.3 is 0 Å². The van der Waals surface area contributed by atoms with E-state index in [1.807, 2.05) is 0 Å². The highest BCUT2D eigenvalue weighted by Gasteiger charge is 2.18. The zero-order valence-electron chi connectivity index (χ0n) is 13.6. The summed E-state index contributed by atoms with van der Waals surface area (Å²) in [6.45, 7) is 2.39. The lowest BCUT2D eigenvalue weighted by molar-refractivity contribution is -0.384. The SMILES string of the molecule is CS(=O)(=O)c1ccc(NCCCOC[C@H]2CCCO2)c([N+](=O)[O-])c1. The van der Waals surface area contributed by atoms with Gasteiger partial charge in [0.2, 0.25) is 0 Å². The molecule has 8 nitrogen and oxygen atoms in total. The van der Waals surface area contributed by atoms with E-state index in [0.717, 1.165) is 31.8 Å². The highest BCUT2D eigenvalue weighted by Crippen LogP contribution is 2.27. The number of sulfone groups is 1. The fourth-order valence-electron chi connectivity index (χ4n) is 2.43. The highest BCUT2D eigenvalue weighted by molar-refractivity contribution is 7.90. The predicted molar refractivity (Wildman–Crippen MR) is 89.1 cm³/mol. The summed E-state index contributed by atoms with van der Waals surface area (Å²) in [5.41, 5.74) is 0.0460. The second-order valence-electron chi connectivity index (χ2n) is 5.70. The normalized spacial score (nSPS) is 17.8. The first kappa shape index (κ1) is 18.6. The van der Waals surface area contributed by atoms with Crippen molar-refractivity contribution < 1.29 is 22.8 Å². The van der Waals surface area contributed by atoms with Crippen LogP contribution in [0.15, 0.2) is 23.1 Å². The molecule has 1 aliphatic rings. The molecule has 0 unspecified atom stereocenters. The van der Waals surface area contributed by atoms with E-state index < -0.39 is 14.8 Å². The number of nitrogens with one attached hydrogen (secondary N) is 1. The Morgan fingerprint density at radius 3 is 2.88 bits per heavy atom. The molecule has 0 saturated carbocycles. The third-order valence-corrected chi connectivity index (χ3v) is 4.81. The number of rotatable bonds is 9. The molecule has 1 saturated heterocycles. The molecule has 0 radical (unpaired) electrons. The van der Waals surface area contributed by atoms with Gasteiger partial charge < -0.3 is 14.8 Å². The Morgan fingerprint density at radius 2 is 2.25 bits per heavy atom. The summed E-state index contributed by atoms with van der Waals surface area (Å²) in [4.78, 5) is 10.5. The molecule has 1 aromatic carbocycles. The molecule has 134 valence electrons. The predicted octanol–water partition coefficient (Wildman–Crippen LogP) is 2.00. The number of benzene rings is 1. The molecule has 1 N–H and O–H groups in total. The van der Waals surface area contributed by atoms with Crippen LogP contribution in [0, 0.1) is 10.1 Å². The summed E-state index contributed by atoms with van der Waals surface area (Å²) in [7, 11) is -3.48. The van der Waals surface area contributed by atoms with Gasteiger partial charge in [-0.3, -0.25) is 10.1 Å². The minimum Gasteiger partial charge on any atom is -0.379 e. The van der Waals surface area contributed by atoms with Gasteiger partial charge in [0.15, 0.2) is 9.84 Å². The zero-order chi connectivity index (χ0) is 17.6. The van der Waals surface area contributed by atoms with E-state index in [9.17, 15) is 18.5 Å². The summed E-state index contributed by atoms with van der Waals surface area (Å²) in [5, 5.41) is 14.1. The average molecular weight is 358 g/mol. The van der Waals surface area contributed by atoms with Crippen LogP contribution in [0.3, 0.4) is 0 Å². The molecule has 2 rings (SSSR count). The Balaban J connectivity index is 1.82.